The van der Waals surface area contributed by atoms with Gasteiger partial charge >= 0.3 is 6.18 Å². The molecule has 2 atom stereocenters. The normalized spacial score (nSPS) is 19.7. The van der Waals surface area contributed by atoms with Crippen LogP contribution in [-0.4, -0.2) is 42.4 Å². The Morgan fingerprint density at radius 1 is 1.31 bits per heavy atom. The van der Waals surface area contributed by atoms with Crippen LogP contribution in [0.15, 0.2) is 35.5 Å². The Kier molecular flexibility index (Phi) is 7.57. The smallest absolute Gasteiger partial charge is 0.425 e. The molecule has 1 aromatic carbocycles. The predicted molar refractivity (Wildman–Crippen MR) is 112 cm³/mol. The topological polar surface area (TPSA) is 86.8 Å². The third-order valence-corrected chi connectivity index (χ3v) is 5.16. The molecule has 3 rings (SSSR count). The third kappa shape index (κ3) is 5.85. The first kappa shape index (κ1) is 25.9. The summed E-state index contributed by atoms with van der Waals surface area (Å²) in [6.07, 6.45) is -7.95. The highest BCUT2D eigenvalue weighted by Crippen LogP contribution is 2.42. The summed E-state index contributed by atoms with van der Waals surface area (Å²) in [6.45, 7) is 0.135. The van der Waals surface area contributed by atoms with Crippen LogP contribution < -0.4 is 10.5 Å². The number of hydrogen-bond donors (Lipinski definition) is 1. The number of ether oxygens (including phenoxy) is 2. The predicted octanol–water partition coefficient (Wildman–Crippen LogP) is 4.02. The minimum atomic E-state index is -4.96. The molecule has 0 amide bonds. The standard InChI is InChI=1S/C23H19F6N3O3/c1-2-3-6-34-14-4-5-17(31-11-14)18(33)9-13-7-15(20(26)16(25)8-13)22(12-24)10-19(23(27,28)29)35-21(30)32-22/h4-5,7-8,11,19H,6,9-10,12H2,1H3,(H2,30,32)/t19-,22+/m0/s1. The van der Waals surface area contributed by atoms with Gasteiger partial charge in [-0.1, -0.05) is 5.92 Å². The largest absolute Gasteiger partial charge is 0.479 e. The molecule has 1 aliphatic rings. The maximum atomic E-state index is 14.7. The molecular formula is C23H19F6N3O3. The van der Waals surface area contributed by atoms with E-state index in [0.29, 0.717) is 11.8 Å². The van der Waals surface area contributed by atoms with Gasteiger partial charge in [0.2, 0.25) is 0 Å². The first-order chi connectivity index (χ1) is 16.5. The van der Waals surface area contributed by atoms with Gasteiger partial charge in [-0.2, -0.15) is 13.2 Å². The van der Waals surface area contributed by atoms with Gasteiger partial charge in [-0.3, -0.25) is 4.79 Å². The monoisotopic (exact) mass is 499 g/mol. The molecule has 0 unspecified atom stereocenters. The maximum Gasteiger partial charge on any atom is 0.425 e. The summed E-state index contributed by atoms with van der Waals surface area (Å²) in [6, 6.07) is 3.37. The Hall–Kier alpha value is -3.75. The number of rotatable bonds is 7. The lowest BCUT2D eigenvalue weighted by Gasteiger charge is -2.36. The van der Waals surface area contributed by atoms with Gasteiger partial charge in [-0.25, -0.2) is 23.1 Å². The quantitative estimate of drug-likeness (QED) is 0.353. The fourth-order valence-electron chi connectivity index (χ4n) is 3.47. The van der Waals surface area contributed by atoms with Gasteiger partial charge in [-0.05, 0) is 36.8 Å². The second-order valence-corrected chi connectivity index (χ2v) is 7.60. The number of pyridine rings is 1. The molecular weight excluding hydrogens is 480 g/mol. The first-order valence-electron chi connectivity index (χ1n) is 10.1. The molecule has 2 N–H and O–H groups in total. The molecule has 0 saturated carbocycles. The zero-order chi connectivity index (χ0) is 25.8. The second-order valence-electron chi connectivity index (χ2n) is 7.60. The lowest BCUT2D eigenvalue weighted by atomic mass is 9.83. The van der Waals surface area contributed by atoms with E-state index in [0.717, 1.165) is 6.07 Å². The van der Waals surface area contributed by atoms with Gasteiger partial charge in [0, 0.05) is 18.4 Å². The van der Waals surface area contributed by atoms with Crippen molar-refractivity contribution in [3.8, 4) is 17.6 Å². The number of ketones is 1. The second kappa shape index (κ2) is 10.2. The van der Waals surface area contributed by atoms with Crippen LogP contribution in [0.5, 0.6) is 5.75 Å². The Balaban J connectivity index is 1.90. The lowest BCUT2D eigenvalue weighted by Crippen LogP contribution is -2.48. The van der Waals surface area contributed by atoms with Crippen LogP contribution in [0.4, 0.5) is 26.3 Å². The Bertz CT molecular complexity index is 1190. The van der Waals surface area contributed by atoms with Crippen molar-refractivity contribution in [2.75, 3.05) is 13.3 Å². The fraction of sp³-hybridized carbons (Fsp3) is 0.348. The zero-order valence-corrected chi connectivity index (χ0v) is 18.3. The highest BCUT2D eigenvalue weighted by Gasteiger charge is 2.52. The van der Waals surface area contributed by atoms with E-state index in [1.54, 1.807) is 6.92 Å². The van der Waals surface area contributed by atoms with Crippen LogP contribution in [0, 0.1) is 23.5 Å². The first-order valence-corrected chi connectivity index (χ1v) is 10.1. The van der Waals surface area contributed by atoms with Crippen LogP contribution in [0.25, 0.3) is 0 Å². The number of halogens is 6. The lowest BCUT2D eigenvalue weighted by molar-refractivity contribution is -0.209. The van der Waals surface area contributed by atoms with Crippen LogP contribution >= 0.6 is 0 Å². The average Bonchev–Trinajstić information content (AvgIpc) is 2.80. The minimum Gasteiger partial charge on any atom is -0.479 e. The molecule has 0 radical (unpaired) electrons. The van der Waals surface area contributed by atoms with Gasteiger partial charge in [0.15, 0.2) is 23.5 Å². The molecule has 2 heterocycles. The van der Waals surface area contributed by atoms with E-state index < -0.39 is 66.3 Å². The van der Waals surface area contributed by atoms with Gasteiger partial charge in [0.1, 0.15) is 30.3 Å². The number of benzene rings is 1. The van der Waals surface area contributed by atoms with Crippen LogP contribution in [0.1, 0.15) is 35.0 Å². The highest BCUT2D eigenvalue weighted by atomic mass is 19.4. The van der Waals surface area contributed by atoms with Crippen molar-refractivity contribution < 1.29 is 40.6 Å². The average molecular weight is 499 g/mol. The van der Waals surface area contributed by atoms with E-state index in [2.05, 4.69) is 26.6 Å². The van der Waals surface area contributed by atoms with Crippen molar-refractivity contribution in [1.29, 1.82) is 0 Å². The van der Waals surface area contributed by atoms with E-state index in [1.807, 2.05) is 0 Å². The molecule has 1 aromatic heterocycles. The highest BCUT2D eigenvalue weighted by molar-refractivity contribution is 5.95. The van der Waals surface area contributed by atoms with Crippen molar-refractivity contribution in [2.45, 2.75) is 37.6 Å². The van der Waals surface area contributed by atoms with Gasteiger partial charge in [0.05, 0.1) is 6.20 Å². The third-order valence-electron chi connectivity index (χ3n) is 5.16. The van der Waals surface area contributed by atoms with E-state index in [4.69, 9.17) is 10.5 Å². The summed E-state index contributed by atoms with van der Waals surface area (Å²) in [5.74, 6) is 1.97. The van der Waals surface area contributed by atoms with E-state index in [-0.39, 0.29) is 17.9 Å². The SMILES string of the molecule is CC#CCOc1ccc(C(=O)Cc2cc(F)c(F)c([C@]3(CF)C[C@@H](C(F)(F)F)OC(N)=N3)c2)nc1. The molecule has 2 aromatic rings. The van der Waals surface area contributed by atoms with Crippen molar-refractivity contribution in [3.63, 3.8) is 0 Å². The van der Waals surface area contributed by atoms with Crippen LogP contribution in [0.3, 0.4) is 0 Å². The number of aromatic nitrogens is 1. The fourth-order valence-corrected chi connectivity index (χ4v) is 3.47. The Labute approximate surface area is 196 Å². The van der Waals surface area contributed by atoms with Crippen molar-refractivity contribution >= 4 is 11.8 Å². The number of alkyl halides is 4. The van der Waals surface area contributed by atoms with Gasteiger partial charge in [-0.15, -0.1) is 5.92 Å². The van der Waals surface area contributed by atoms with Gasteiger partial charge in [0.25, 0.3) is 6.02 Å². The van der Waals surface area contributed by atoms with E-state index >= 15 is 0 Å². The van der Waals surface area contributed by atoms with Crippen LogP contribution in [0.2, 0.25) is 0 Å². The van der Waals surface area contributed by atoms with Gasteiger partial charge < -0.3 is 15.2 Å². The van der Waals surface area contributed by atoms with Crippen LogP contribution in [-0.2, 0) is 16.7 Å². The molecule has 6 nitrogen and oxygen atoms in total. The van der Waals surface area contributed by atoms with Crippen molar-refractivity contribution in [3.05, 3.63) is 58.9 Å². The summed E-state index contributed by atoms with van der Waals surface area (Å²) in [5.41, 5.74) is 1.85. The number of nitrogens with two attached hydrogens (primary N) is 1. The summed E-state index contributed by atoms with van der Waals surface area (Å²) in [4.78, 5) is 20.1. The Morgan fingerprint density at radius 2 is 2.06 bits per heavy atom. The molecule has 35 heavy (non-hydrogen) atoms. The Morgan fingerprint density at radius 3 is 2.66 bits per heavy atom. The summed E-state index contributed by atoms with van der Waals surface area (Å²) < 4.78 is 92.7. The van der Waals surface area contributed by atoms with E-state index in [9.17, 15) is 31.1 Å². The molecule has 0 aliphatic carbocycles. The molecule has 1 aliphatic heterocycles. The number of nitrogens with zero attached hydrogens (tertiary/aromatic N) is 2. The maximum absolute atomic E-state index is 14.7. The van der Waals surface area contributed by atoms with Crippen molar-refractivity contribution in [2.24, 2.45) is 10.7 Å². The summed E-state index contributed by atoms with van der Waals surface area (Å²) >= 11 is 0. The minimum absolute atomic E-state index is 0.0316. The zero-order valence-electron chi connectivity index (χ0n) is 18.3. The molecule has 0 bridgehead atoms. The summed E-state index contributed by atoms with van der Waals surface area (Å²) in [5, 5.41) is 0. The molecule has 12 heteroatoms. The number of aliphatic imine (C=N–C) groups is 1. The number of Topliss-reactive ketones (excluding diaryl/α,β-unsaturated/α-hetero) is 1. The number of carbonyl (C=O) groups is 1. The summed E-state index contributed by atoms with van der Waals surface area (Å²) in [7, 11) is 0. The van der Waals surface area contributed by atoms with Crippen molar-refractivity contribution in [1.82, 2.24) is 4.98 Å². The molecule has 0 fully saturated rings. The number of hydrogen-bond acceptors (Lipinski definition) is 6. The number of carbonyl (C=O) groups excluding carboxylic acids is 1. The molecule has 0 spiro atoms. The number of amidine groups is 1. The van der Waals surface area contributed by atoms with E-state index in [1.165, 1.54) is 18.3 Å². The molecule has 0 saturated heterocycles. The molecule has 186 valence electrons.